The number of rotatable bonds is 4. The second-order valence-electron chi connectivity index (χ2n) is 4.82. The molecular formula is C15H14N2O5S. The van der Waals surface area contributed by atoms with Crippen molar-refractivity contribution in [2.75, 3.05) is 13.9 Å². The summed E-state index contributed by atoms with van der Waals surface area (Å²) < 4.78 is 15.2. The second kappa shape index (κ2) is 6.25. The number of methoxy groups -OCH3 is 1. The molecule has 3 rings (SSSR count). The maximum atomic E-state index is 12.1. The van der Waals surface area contributed by atoms with Gasteiger partial charge in [-0.25, -0.2) is 9.78 Å². The van der Waals surface area contributed by atoms with Gasteiger partial charge in [-0.05, 0) is 25.1 Å². The molecule has 1 aromatic heterocycles. The zero-order valence-electron chi connectivity index (χ0n) is 12.5. The van der Waals surface area contributed by atoms with Gasteiger partial charge in [0, 0.05) is 10.9 Å². The summed E-state index contributed by atoms with van der Waals surface area (Å²) in [4.78, 5) is 27.7. The number of thiazole rings is 1. The molecule has 23 heavy (non-hydrogen) atoms. The van der Waals surface area contributed by atoms with Gasteiger partial charge in [-0.1, -0.05) is 0 Å². The van der Waals surface area contributed by atoms with E-state index in [0.717, 1.165) is 5.56 Å². The van der Waals surface area contributed by atoms with Crippen LogP contribution in [0.25, 0.3) is 10.6 Å². The minimum absolute atomic E-state index is 0.204. The molecule has 1 aliphatic rings. The Hall–Kier alpha value is -2.61. The van der Waals surface area contributed by atoms with Crippen molar-refractivity contribution in [3.8, 4) is 22.1 Å². The third-order valence-electron chi connectivity index (χ3n) is 3.26. The smallest absolute Gasteiger partial charge is 0.328 e. The van der Waals surface area contributed by atoms with Gasteiger partial charge in [-0.2, -0.15) is 0 Å². The molecule has 120 valence electrons. The Morgan fingerprint density at radius 2 is 2.13 bits per heavy atom. The molecule has 1 N–H and O–H groups in total. The highest BCUT2D eigenvalue weighted by molar-refractivity contribution is 7.13. The van der Waals surface area contributed by atoms with Crippen molar-refractivity contribution >= 4 is 23.2 Å². The first-order valence-corrected chi connectivity index (χ1v) is 7.70. The maximum absolute atomic E-state index is 12.1. The number of ether oxygens (including phenoxy) is 3. The number of benzene rings is 1. The van der Waals surface area contributed by atoms with Crippen molar-refractivity contribution in [1.29, 1.82) is 0 Å². The molecule has 0 saturated carbocycles. The average molecular weight is 334 g/mol. The van der Waals surface area contributed by atoms with Crippen molar-refractivity contribution in [2.24, 2.45) is 0 Å². The molecule has 1 aliphatic heterocycles. The van der Waals surface area contributed by atoms with Crippen LogP contribution in [0.15, 0.2) is 23.6 Å². The highest BCUT2D eigenvalue weighted by atomic mass is 32.1. The fraction of sp³-hybridized carbons (Fsp3) is 0.267. The number of amides is 1. The number of fused-ring (bicyclic) bond motifs is 1. The van der Waals surface area contributed by atoms with Crippen molar-refractivity contribution in [1.82, 2.24) is 10.3 Å². The summed E-state index contributed by atoms with van der Waals surface area (Å²) in [5.74, 6) is 0.411. The van der Waals surface area contributed by atoms with E-state index in [1.807, 2.05) is 12.1 Å². The van der Waals surface area contributed by atoms with Gasteiger partial charge >= 0.3 is 5.97 Å². The summed E-state index contributed by atoms with van der Waals surface area (Å²) in [6.07, 6.45) is 0. The summed E-state index contributed by atoms with van der Waals surface area (Å²) >= 11 is 1.33. The topological polar surface area (TPSA) is 86.8 Å². The Kier molecular flexibility index (Phi) is 4.16. The number of nitrogens with zero attached hydrogens (tertiary/aromatic N) is 1. The lowest BCUT2D eigenvalue weighted by molar-refractivity contribution is -0.142. The quantitative estimate of drug-likeness (QED) is 0.859. The molecule has 1 atom stereocenters. The number of carbonyl (C=O) groups excluding carboxylic acids is 2. The van der Waals surface area contributed by atoms with Crippen LogP contribution in [0.4, 0.5) is 0 Å². The summed E-state index contributed by atoms with van der Waals surface area (Å²) in [6.45, 7) is 1.75. The lowest BCUT2D eigenvalue weighted by Crippen LogP contribution is -2.39. The Morgan fingerprint density at radius 3 is 2.91 bits per heavy atom. The molecule has 2 heterocycles. The zero-order valence-corrected chi connectivity index (χ0v) is 13.3. The zero-order chi connectivity index (χ0) is 16.4. The lowest BCUT2D eigenvalue weighted by atomic mass is 10.2. The summed E-state index contributed by atoms with van der Waals surface area (Å²) in [7, 11) is 1.27. The molecular weight excluding hydrogens is 320 g/mol. The molecule has 1 amide bonds. The van der Waals surface area contributed by atoms with Crippen LogP contribution in [0.3, 0.4) is 0 Å². The first-order chi connectivity index (χ1) is 11.1. The standard InChI is InChI=1S/C15H14N2O5S/c1-8(15(19)20-2)16-13(18)10-6-23-14(17-10)9-3-4-11-12(5-9)22-7-21-11/h3-6,8H,7H2,1-2H3,(H,16,18)/t8-/m0/s1. The highest BCUT2D eigenvalue weighted by Crippen LogP contribution is 2.36. The Balaban J connectivity index is 1.75. The monoisotopic (exact) mass is 334 g/mol. The number of hydrogen-bond donors (Lipinski definition) is 1. The molecule has 1 aromatic carbocycles. The molecule has 7 nitrogen and oxygen atoms in total. The van der Waals surface area contributed by atoms with Crippen LogP contribution in [0.5, 0.6) is 11.5 Å². The van der Waals surface area contributed by atoms with Crippen LogP contribution in [0, 0.1) is 0 Å². The summed E-state index contributed by atoms with van der Waals surface area (Å²) in [5.41, 5.74) is 1.08. The molecule has 0 fully saturated rings. The van der Waals surface area contributed by atoms with E-state index in [-0.39, 0.29) is 12.5 Å². The van der Waals surface area contributed by atoms with E-state index in [9.17, 15) is 9.59 Å². The Labute approximate surface area is 136 Å². The molecule has 0 unspecified atom stereocenters. The molecule has 2 aromatic rings. The first-order valence-electron chi connectivity index (χ1n) is 6.82. The van der Waals surface area contributed by atoms with E-state index < -0.39 is 17.9 Å². The van der Waals surface area contributed by atoms with Crippen molar-refractivity contribution in [3.63, 3.8) is 0 Å². The highest BCUT2D eigenvalue weighted by Gasteiger charge is 2.20. The number of nitrogens with one attached hydrogen (secondary N) is 1. The SMILES string of the molecule is COC(=O)[C@H](C)NC(=O)c1csc(-c2ccc3c(c2)OCO3)n1. The van der Waals surface area contributed by atoms with Gasteiger partial charge in [-0.15, -0.1) is 11.3 Å². The van der Waals surface area contributed by atoms with Gasteiger partial charge in [0.05, 0.1) is 7.11 Å². The molecule has 0 aliphatic carbocycles. The van der Waals surface area contributed by atoms with Gasteiger partial charge in [0.1, 0.15) is 16.7 Å². The van der Waals surface area contributed by atoms with Crippen molar-refractivity contribution < 1.29 is 23.8 Å². The van der Waals surface area contributed by atoms with Crippen LogP contribution in [-0.2, 0) is 9.53 Å². The molecule has 0 bridgehead atoms. The van der Waals surface area contributed by atoms with E-state index in [2.05, 4.69) is 15.0 Å². The minimum Gasteiger partial charge on any atom is -0.467 e. The van der Waals surface area contributed by atoms with Gasteiger partial charge in [-0.3, -0.25) is 4.79 Å². The van der Waals surface area contributed by atoms with E-state index in [1.54, 1.807) is 18.4 Å². The van der Waals surface area contributed by atoms with Gasteiger partial charge in [0.15, 0.2) is 11.5 Å². The number of carbonyl (C=O) groups is 2. The fourth-order valence-electron chi connectivity index (χ4n) is 2.05. The lowest BCUT2D eigenvalue weighted by Gasteiger charge is -2.09. The largest absolute Gasteiger partial charge is 0.467 e. The first kappa shape index (κ1) is 15.3. The molecule has 0 saturated heterocycles. The summed E-state index contributed by atoms with van der Waals surface area (Å²) in [5, 5.41) is 4.86. The predicted molar refractivity (Wildman–Crippen MR) is 82.6 cm³/mol. The molecule has 8 heteroatoms. The summed E-state index contributed by atoms with van der Waals surface area (Å²) in [6, 6.07) is 4.74. The van der Waals surface area contributed by atoms with E-state index in [1.165, 1.54) is 18.4 Å². The second-order valence-corrected chi connectivity index (χ2v) is 5.68. The van der Waals surface area contributed by atoms with E-state index in [0.29, 0.717) is 16.5 Å². The fourth-order valence-corrected chi connectivity index (χ4v) is 2.84. The van der Waals surface area contributed by atoms with Gasteiger partial charge in [0.25, 0.3) is 5.91 Å². The Bertz CT molecular complexity index is 758. The Morgan fingerprint density at radius 1 is 1.35 bits per heavy atom. The van der Waals surface area contributed by atoms with Crippen LogP contribution >= 0.6 is 11.3 Å². The third-order valence-corrected chi connectivity index (χ3v) is 4.15. The average Bonchev–Trinajstić information content (AvgIpc) is 3.21. The van der Waals surface area contributed by atoms with Crippen LogP contribution in [-0.4, -0.2) is 36.8 Å². The molecule has 0 spiro atoms. The normalized spacial score (nSPS) is 13.5. The number of aromatic nitrogens is 1. The van der Waals surface area contributed by atoms with E-state index >= 15 is 0 Å². The van der Waals surface area contributed by atoms with Crippen LogP contribution in [0.1, 0.15) is 17.4 Å². The van der Waals surface area contributed by atoms with Crippen molar-refractivity contribution in [2.45, 2.75) is 13.0 Å². The number of esters is 1. The van der Waals surface area contributed by atoms with Crippen LogP contribution in [0.2, 0.25) is 0 Å². The van der Waals surface area contributed by atoms with Crippen LogP contribution < -0.4 is 14.8 Å². The maximum Gasteiger partial charge on any atom is 0.328 e. The predicted octanol–water partition coefficient (Wildman–Crippen LogP) is 1.83. The van der Waals surface area contributed by atoms with Gasteiger partial charge < -0.3 is 19.5 Å². The minimum atomic E-state index is -0.733. The van der Waals surface area contributed by atoms with E-state index in [4.69, 9.17) is 9.47 Å². The molecule has 0 radical (unpaired) electrons. The number of hydrogen-bond acceptors (Lipinski definition) is 7. The van der Waals surface area contributed by atoms with Gasteiger partial charge in [0.2, 0.25) is 6.79 Å². The third kappa shape index (κ3) is 3.11. The van der Waals surface area contributed by atoms with Crippen molar-refractivity contribution in [3.05, 3.63) is 29.3 Å².